The monoisotopic (exact) mass is 250 g/mol. The molecule has 17 heavy (non-hydrogen) atoms. The molecule has 0 bridgehead atoms. The summed E-state index contributed by atoms with van der Waals surface area (Å²) in [5, 5.41) is 20.9. The minimum absolute atomic E-state index is 0.308. The number of aliphatic hydroxyl groups excluding tert-OH is 1. The Morgan fingerprint density at radius 2 is 2.18 bits per heavy atom. The number of benzene rings is 1. The van der Waals surface area contributed by atoms with Gasteiger partial charge in [0.15, 0.2) is 5.57 Å². The van der Waals surface area contributed by atoms with Gasteiger partial charge in [-0.05, 0) is 37.6 Å². The molecular weight excluding hydrogens is 240 g/mol. The molecule has 0 saturated carbocycles. The van der Waals surface area contributed by atoms with Crippen LogP contribution in [0.2, 0.25) is 5.02 Å². The van der Waals surface area contributed by atoms with Gasteiger partial charge in [0, 0.05) is 10.7 Å². The molecule has 2 N–H and O–H groups in total. The number of carbonyl (C=O) groups excluding carboxylic acids is 1. The summed E-state index contributed by atoms with van der Waals surface area (Å²) in [5.41, 5.74) is 1.02. The van der Waals surface area contributed by atoms with Gasteiger partial charge in [-0.2, -0.15) is 5.26 Å². The summed E-state index contributed by atoms with van der Waals surface area (Å²) in [6.07, 6.45) is 0. The van der Waals surface area contributed by atoms with Gasteiger partial charge in [-0.1, -0.05) is 11.6 Å². The van der Waals surface area contributed by atoms with Crippen LogP contribution in [0.4, 0.5) is 5.69 Å². The number of halogens is 1. The number of nitrogens with one attached hydrogen (secondary N) is 1. The van der Waals surface area contributed by atoms with Crippen molar-refractivity contribution in [3.63, 3.8) is 0 Å². The fraction of sp³-hybridized carbons (Fsp3) is 0.167. The second-order valence-electron chi connectivity index (χ2n) is 3.49. The highest BCUT2D eigenvalue weighted by Crippen LogP contribution is 2.19. The number of hydrogen-bond acceptors (Lipinski definition) is 3. The van der Waals surface area contributed by atoms with E-state index in [2.05, 4.69) is 5.32 Å². The fourth-order valence-corrected chi connectivity index (χ4v) is 1.33. The number of nitriles is 1. The molecule has 0 aliphatic rings. The van der Waals surface area contributed by atoms with Crippen LogP contribution in [0.15, 0.2) is 29.5 Å². The molecule has 0 aromatic heterocycles. The van der Waals surface area contributed by atoms with Gasteiger partial charge in [-0.25, -0.2) is 0 Å². The fourth-order valence-electron chi connectivity index (χ4n) is 1.21. The van der Waals surface area contributed by atoms with Crippen LogP contribution in [0.1, 0.15) is 12.5 Å². The minimum atomic E-state index is -0.644. The molecule has 0 heterocycles. The van der Waals surface area contributed by atoms with Crippen molar-refractivity contribution >= 4 is 23.2 Å². The Morgan fingerprint density at radius 1 is 1.53 bits per heavy atom. The second-order valence-corrected chi connectivity index (χ2v) is 3.90. The maximum atomic E-state index is 11.6. The maximum Gasteiger partial charge on any atom is 0.269 e. The molecule has 4 nitrogen and oxygen atoms in total. The van der Waals surface area contributed by atoms with E-state index < -0.39 is 5.91 Å². The van der Waals surface area contributed by atoms with Gasteiger partial charge in [0.25, 0.3) is 5.91 Å². The molecular formula is C12H11ClN2O2. The maximum absolute atomic E-state index is 11.6. The van der Waals surface area contributed by atoms with Crippen LogP contribution in [0, 0.1) is 18.3 Å². The van der Waals surface area contributed by atoms with Crippen molar-refractivity contribution in [3.05, 3.63) is 40.1 Å². The van der Waals surface area contributed by atoms with E-state index in [1.807, 2.05) is 0 Å². The molecule has 0 saturated heterocycles. The molecule has 5 heteroatoms. The van der Waals surface area contributed by atoms with Crippen molar-refractivity contribution in [2.24, 2.45) is 0 Å². The summed E-state index contributed by atoms with van der Waals surface area (Å²) < 4.78 is 0. The zero-order valence-corrected chi connectivity index (χ0v) is 10.2. The Kier molecular flexibility index (Phi) is 4.13. The molecule has 0 aliphatic heterocycles. The number of aliphatic hydroxyl groups is 1. The standard InChI is InChI=1S/C12H11ClN2O2/c1-7-5-9(3-4-11(7)13)15-12(17)10(6-14)8(2)16/h3-5,16H,1-2H3,(H,15,17). The first-order valence-corrected chi connectivity index (χ1v) is 5.21. The molecule has 0 aliphatic carbocycles. The number of anilines is 1. The van der Waals surface area contributed by atoms with Gasteiger partial charge >= 0.3 is 0 Å². The summed E-state index contributed by atoms with van der Waals surface area (Å²) in [5.74, 6) is -0.954. The zero-order chi connectivity index (χ0) is 13.0. The highest BCUT2D eigenvalue weighted by molar-refractivity contribution is 6.31. The van der Waals surface area contributed by atoms with Crippen molar-refractivity contribution in [1.29, 1.82) is 5.26 Å². The average Bonchev–Trinajstić information content (AvgIpc) is 2.24. The summed E-state index contributed by atoms with van der Waals surface area (Å²) >= 11 is 5.84. The minimum Gasteiger partial charge on any atom is -0.511 e. The van der Waals surface area contributed by atoms with Gasteiger partial charge in [-0.3, -0.25) is 4.79 Å². The van der Waals surface area contributed by atoms with Crippen LogP contribution in [0.5, 0.6) is 0 Å². The molecule has 0 atom stereocenters. The van der Waals surface area contributed by atoms with Crippen molar-refractivity contribution in [2.75, 3.05) is 5.32 Å². The molecule has 1 rings (SSSR count). The van der Waals surface area contributed by atoms with Crippen LogP contribution in [0.25, 0.3) is 0 Å². The molecule has 1 aromatic carbocycles. The van der Waals surface area contributed by atoms with Gasteiger partial charge < -0.3 is 10.4 Å². The normalized spacial score (nSPS) is 11.4. The van der Waals surface area contributed by atoms with E-state index in [0.29, 0.717) is 10.7 Å². The molecule has 88 valence electrons. The van der Waals surface area contributed by atoms with Crippen LogP contribution in [-0.2, 0) is 4.79 Å². The predicted octanol–water partition coefficient (Wildman–Crippen LogP) is 2.94. The van der Waals surface area contributed by atoms with E-state index in [-0.39, 0.29) is 11.3 Å². The lowest BCUT2D eigenvalue weighted by atomic mass is 10.2. The van der Waals surface area contributed by atoms with Crippen LogP contribution in [0.3, 0.4) is 0 Å². The Balaban J connectivity index is 2.93. The molecule has 1 amide bonds. The Morgan fingerprint density at radius 3 is 2.65 bits per heavy atom. The smallest absolute Gasteiger partial charge is 0.269 e. The van der Waals surface area contributed by atoms with E-state index in [1.54, 1.807) is 31.2 Å². The van der Waals surface area contributed by atoms with Crippen LogP contribution < -0.4 is 5.32 Å². The predicted molar refractivity (Wildman–Crippen MR) is 65.8 cm³/mol. The SMILES string of the molecule is CC(O)=C(C#N)C(=O)Nc1ccc(Cl)c(C)c1. The lowest BCUT2D eigenvalue weighted by Crippen LogP contribution is -2.14. The van der Waals surface area contributed by atoms with Gasteiger partial charge in [0.05, 0.1) is 0 Å². The number of aryl methyl sites for hydroxylation is 1. The first-order chi connectivity index (χ1) is 7.95. The third kappa shape index (κ3) is 3.23. The summed E-state index contributed by atoms with van der Waals surface area (Å²) in [4.78, 5) is 11.6. The zero-order valence-electron chi connectivity index (χ0n) is 9.41. The molecule has 0 fully saturated rings. The van der Waals surface area contributed by atoms with Gasteiger partial charge in [-0.15, -0.1) is 0 Å². The second kappa shape index (κ2) is 5.37. The first-order valence-electron chi connectivity index (χ1n) is 4.83. The quantitative estimate of drug-likeness (QED) is 0.481. The van der Waals surface area contributed by atoms with Crippen LogP contribution in [-0.4, -0.2) is 11.0 Å². The van der Waals surface area contributed by atoms with Gasteiger partial charge in [0.1, 0.15) is 11.8 Å². The van der Waals surface area contributed by atoms with Gasteiger partial charge in [0.2, 0.25) is 0 Å². The summed E-state index contributed by atoms with van der Waals surface area (Å²) in [6, 6.07) is 6.59. The number of allylic oxidation sites excluding steroid dienone is 1. The summed E-state index contributed by atoms with van der Waals surface area (Å²) in [7, 11) is 0. The number of amides is 1. The lowest BCUT2D eigenvalue weighted by molar-refractivity contribution is -0.112. The number of carbonyl (C=O) groups is 1. The number of nitrogens with zero attached hydrogens (tertiary/aromatic N) is 1. The Hall–Kier alpha value is -1.99. The molecule has 0 unspecified atom stereocenters. The Bertz CT molecular complexity index is 526. The molecule has 0 radical (unpaired) electrons. The number of hydrogen-bond donors (Lipinski definition) is 2. The first kappa shape index (κ1) is 13.1. The van der Waals surface area contributed by atoms with E-state index in [0.717, 1.165) is 5.56 Å². The number of rotatable bonds is 2. The van der Waals surface area contributed by atoms with E-state index in [1.165, 1.54) is 6.92 Å². The van der Waals surface area contributed by atoms with Crippen LogP contribution >= 0.6 is 11.6 Å². The summed E-state index contributed by atoms with van der Waals surface area (Å²) in [6.45, 7) is 3.08. The largest absolute Gasteiger partial charge is 0.511 e. The molecule has 1 aromatic rings. The lowest BCUT2D eigenvalue weighted by Gasteiger charge is -2.06. The molecule has 0 spiro atoms. The Labute approximate surface area is 104 Å². The van der Waals surface area contributed by atoms with Crippen molar-refractivity contribution in [3.8, 4) is 6.07 Å². The third-order valence-electron chi connectivity index (χ3n) is 2.12. The van der Waals surface area contributed by atoms with E-state index in [9.17, 15) is 4.79 Å². The highest BCUT2D eigenvalue weighted by atomic mass is 35.5. The third-order valence-corrected chi connectivity index (χ3v) is 2.54. The van der Waals surface area contributed by atoms with E-state index >= 15 is 0 Å². The topological polar surface area (TPSA) is 73.1 Å². The van der Waals surface area contributed by atoms with Crippen molar-refractivity contribution in [2.45, 2.75) is 13.8 Å². The van der Waals surface area contributed by atoms with Crippen molar-refractivity contribution < 1.29 is 9.90 Å². The van der Waals surface area contributed by atoms with Crippen molar-refractivity contribution in [1.82, 2.24) is 0 Å². The van der Waals surface area contributed by atoms with E-state index in [4.69, 9.17) is 22.0 Å². The average molecular weight is 251 g/mol. The highest BCUT2D eigenvalue weighted by Gasteiger charge is 2.12.